The van der Waals surface area contributed by atoms with E-state index >= 15 is 0 Å². The van der Waals surface area contributed by atoms with Gasteiger partial charge in [0.05, 0.1) is 18.4 Å². The number of esters is 1. The monoisotopic (exact) mass is 406 g/mol. The maximum atomic E-state index is 12.0. The minimum atomic E-state index is -0.332. The van der Waals surface area contributed by atoms with Crippen molar-refractivity contribution in [2.45, 2.75) is 65.8 Å². The van der Waals surface area contributed by atoms with E-state index in [9.17, 15) is 4.79 Å². The van der Waals surface area contributed by atoms with Crippen molar-refractivity contribution in [3.8, 4) is 0 Å². The lowest BCUT2D eigenvalue weighted by atomic mass is 9.79. The Labute approximate surface area is 181 Å². The second-order valence-electron chi connectivity index (χ2n) is 9.04. The molecule has 0 aliphatic carbocycles. The van der Waals surface area contributed by atoms with Crippen LogP contribution in [0.3, 0.4) is 0 Å². The van der Waals surface area contributed by atoms with E-state index < -0.39 is 0 Å². The van der Waals surface area contributed by atoms with Crippen LogP contribution in [-0.2, 0) is 4.74 Å². The van der Waals surface area contributed by atoms with Crippen LogP contribution in [0.4, 0.5) is 11.4 Å². The number of hydrogen-bond donors (Lipinski definition) is 0. The minimum Gasteiger partial charge on any atom is -0.465 e. The third-order valence-corrected chi connectivity index (χ3v) is 6.27. The molecule has 0 radical (unpaired) electrons. The summed E-state index contributed by atoms with van der Waals surface area (Å²) in [7, 11) is 1.40. The first-order chi connectivity index (χ1) is 14.2. The van der Waals surface area contributed by atoms with E-state index in [0.29, 0.717) is 11.5 Å². The van der Waals surface area contributed by atoms with Gasteiger partial charge in [0.1, 0.15) is 0 Å². The van der Waals surface area contributed by atoms with Crippen molar-refractivity contribution in [2.75, 3.05) is 18.6 Å². The number of nitrogens with zero attached hydrogens (tertiary/aromatic N) is 2. The quantitative estimate of drug-likeness (QED) is 0.429. The van der Waals surface area contributed by atoms with E-state index in [4.69, 9.17) is 9.73 Å². The number of hydrogen-bond acceptors (Lipinski definition) is 4. The number of carbonyl (C=O) groups excluding carboxylic acids is 1. The molecule has 0 fully saturated rings. The van der Waals surface area contributed by atoms with Gasteiger partial charge in [-0.2, -0.15) is 0 Å². The Morgan fingerprint density at radius 2 is 2.03 bits per heavy atom. The van der Waals surface area contributed by atoms with Crippen LogP contribution in [0, 0.1) is 13.8 Å². The van der Waals surface area contributed by atoms with Gasteiger partial charge in [-0.3, -0.25) is 4.99 Å². The molecule has 0 amide bonds. The zero-order valence-corrected chi connectivity index (χ0v) is 19.4. The Morgan fingerprint density at radius 3 is 2.70 bits per heavy atom. The molecule has 1 heterocycles. The zero-order chi connectivity index (χ0) is 22.1. The van der Waals surface area contributed by atoms with Gasteiger partial charge < -0.3 is 9.64 Å². The Bertz CT molecular complexity index is 975. The topological polar surface area (TPSA) is 41.9 Å². The maximum Gasteiger partial charge on any atom is 0.338 e. The highest BCUT2D eigenvalue weighted by atomic mass is 16.5. The lowest BCUT2D eigenvalue weighted by Crippen LogP contribution is -2.48. The Kier molecular flexibility index (Phi) is 6.35. The standard InChI is InChI=1S/C26H34N2O2/c1-8-12-28-24-13-17(2)20(14-22(24)18(3)15-26(28,5)6)16-27-23-11-9-10-21(19(23)4)25(29)30-7/h9-11,13-14,16,18H,8,12,15H2,1-7H3. The highest BCUT2D eigenvalue weighted by molar-refractivity contribution is 5.93. The normalized spacial score (nSPS) is 17.8. The van der Waals surface area contributed by atoms with Crippen LogP contribution in [0.15, 0.2) is 35.3 Å². The van der Waals surface area contributed by atoms with Crippen molar-refractivity contribution in [2.24, 2.45) is 4.99 Å². The molecule has 0 saturated carbocycles. The molecule has 4 heteroatoms. The summed E-state index contributed by atoms with van der Waals surface area (Å²) in [5.74, 6) is 0.169. The smallest absolute Gasteiger partial charge is 0.338 e. The minimum absolute atomic E-state index is 0.163. The molecule has 1 aliphatic rings. The van der Waals surface area contributed by atoms with Crippen LogP contribution in [0.1, 0.15) is 79.1 Å². The second kappa shape index (κ2) is 8.63. The summed E-state index contributed by atoms with van der Waals surface area (Å²) in [6.07, 6.45) is 4.20. The summed E-state index contributed by atoms with van der Waals surface area (Å²) in [4.78, 5) is 19.3. The summed E-state index contributed by atoms with van der Waals surface area (Å²) < 4.78 is 4.88. The largest absolute Gasteiger partial charge is 0.465 e. The van der Waals surface area contributed by atoms with Crippen molar-refractivity contribution in [1.82, 2.24) is 0 Å². The Morgan fingerprint density at radius 1 is 1.30 bits per heavy atom. The molecule has 1 unspecified atom stereocenters. The predicted octanol–water partition coefficient (Wildman–Crippen LogP) is 6.34. The lowest BCUT2D eigenvalue weighted by Gasteiger charge is -2.48. The van der Waals surface area contributed by atoms with E-state index in [1.54, 1.807) is 6.07 Å². The van der Waals surface area contributed by atoms with Crippen molar-refractivity contribution >= 4 is 23.6 Å². The van der Waals surface area contributed by atoms with Crippen LogP contribution in [0.25, 0.3) is 0 Å². The van der Waals surface area contributed by atoms with E-state index in [1.807, 2.05) is 25.3 Å². The van der Waals surface area contributed by atoms with E-state index in [0.717, 1.165) is 36.2 Å². The van der Waals surface area contributed by atoms with Gasteiger partial charge in [-0.05, 0) is 93.0 Å². The number of fused-ring (bicyclic) bond motifs is 1. The van der Waals surface area contributed by atoms with Gasteiger partial charge in [0, 0.05) is 24.0 Å². The molecule has 3 rings (SSSR count). The summed E-state index contributed by atoms with van der Waals surface area (Å²) >= 11 is 0. The van der Waals surface area contributed by atoms with Crippen molar-refractivity contribution in [1.29, 1.82) is 0 Å². The Balaban J connectivity index is 2.00. The summed E-state index contributed by atoms with van der Waals surface area (Å²) in [5.41, 5.74) is 7.44. The van der Waals surface area contributed by atoms with Gasteiger partial charge in [-0.25, -0.2) is 4.79 Å². The van der Waals surface area contributed by atoms with Gasteiger partial charge in [-0.1, -0.05) is 19.9 Å². The molecule has 0 spiro atoms. The predicted molar refractivity (Wildman–Crippen MR) is 126 cm³/mol. The zero-order valence-electron chi connectivity index (χ0n) is 19.4. The van der Waals surface area contributed by atoms with Gasteiger partial charge in [0.2, 0.25) is 0 Å². The first kappa shape index (κ1) is 22.1. The molecule has 0 N–H and O–H groups in total. The van der Waals surface area contributed by atoms with Crippen LogP contribution in [-0.4, -0.2) is 31.4 Å². The fourth-order valence-electron chi connectivity index (χ4n) is 4.67. The Hall–Kier alpha value is -2.62. The first-order valence-corrected chi connectivity index (χ1v) is 10.8. The van der Waals surface area contributed by atoms with Gasteiger partial charge in [-0.15, -0.1) is 0 Å². The average molecular weight is 407 g/mol. The molecule has 4 nitrogen and oxygen atoms in total. The van der Waals surface area contributed by atoms with E-state index in [-0.39, 0.29) is 11.5 Å². The number of rotatable bonds is 5. The highest BCUT2D eigenvalue weighted by Crippen LogP contribution is 2.44. The van der Waals surface area contributed by atoms with Gasteiger partial charge in [0.25, 0.3) is 0 Å². The van der Waals surface area contributed by atoms with Gasteiger partial charge >= 0.3 is 5.97 Å². The van der Waals surface area contributed by atoms with E-state index in [2.05, 4.69) is 51.7 Å². The third-order valence-electron chi connectivity index (χ3n) is 6.27. The summed E-state index contributed by atoms with van der Waals surface area (Å²) in [6.45, 7) is 14.4. The lowest BCUT2D eigenvalue weighted by molar-refractivity contribution is 0.0600. The molecule has 2 aromatic carbocycles. The molecule has 1 aliphatic heterocycles. The highest BCUT2D eigenvalue weighted by Gasteiger charge is 2.36. The van der Waals surface area contributed by atoms with Crippen molar-refractivity contribution < 1.29 is 9.53 Å². The van der Waals surface area contributed by atoms with Gasteiger partial charge in [0.15, 0.2) is 0 Å². The maximum absolute atomic E-state index is 12.0. The summed E-state index contributed by atoms with van der Waals surface area (Å²) in [5, 5.41) is 0. The first-order valence-electron chi connectivity index (χ1n) is 10.8. The fraction of sp³-hybridized carbons (Fsp3) is 0.462. The van der Waals surface area contributed by atoms with Crippen LogP contribution in [0.2, 0.25) is 0 Å². The molecular weight excluding hydrogens is 372 g/mol. The SMILES string of the molecule is CCCN1c2cc(C)c(C=Nc3cccc(C(=O)OC)c3C)cc2C(C)CC1(C)C. The number of anilines is 1. The van der Waals surface area contributed by atoms with Crippen molar-refractivity contribution in [3.63, 3.8) is 0 Å². The molecule has 2 aromatic rings. The van der Waals surface area contributed by atoms with Crippen molar-refractivity contribution in [3.05, 3.63) is 58.1 Å². The number of methoxy groups -OCH3 is 1. The number of ether oxygens (including phenoxy) is 1. The van der Waals surface area contributed by atoms with E-state index in [1.165, 1.54) is 23.9 Å². The average Bonchev–Trinajstić information content (AvgIpc) is 2.69. The third kappa shape index (κ3) is 4.14. The van der Waals surface area contributed by atoms with Crippen LogP contribution in [0.5, 0.6) is 0 Å². The number of benzene rings is 2. The van der Waals surface area contributed by atoms with Crippen LogP contribution < -0.4 is 4.90 Å². The number of carbonyl (C=O) groups is 1. The fourth-order valence-corrected chi connectivity index (χ4v) is 4.67. The molecule has 1 atom stereocenters. The second-order valence-corrected chi connectivity index (χ2v) is 9.04. The molecule has 30 heavy (non-hydrogen) atoms. The molecule has 160 valence electrons. The number of aryl methyl sites for hydroxylation is 1. The van der Waals surface area contributed by atoms with Crippen LogP contribution >= 0.6 is 0 Å². The number of aliphatic imine (C=N–C) groups is 1. The molecule has 0 aromatic heterocycles. The molecule has 0 saturated heterocycles. The molecule has 0 bridgehead atoms. The molecular formula is C26H34N2O2. The summed E-state index contributed by atoms with van der Waals surface area (Å²) in [6, 6.07) is 10.2.